The lowest BCUT2D eigenvalue weighted by molar-refractivity contribution is 0.198. The summed E-state index contributed by atoms with van der Waals surface area (Å²) >= 11 is 12.3. The molecule has 0 radical (unpaired) electrons. The molecule has 3 nitrogen and oxygen atoms in total. The van der Waals surface area contributed by atoms with Crippen LogP contribution in [0.3, 0.4) is 0 Å². The molecule has 0 atom stereocenters. The average molecular weight is 722 g/mol. The predicted molar refractivity (Wildman–Crippen MR) is 159 cm³/mol. The third-order valence-electron chi connectivity index (χ3n) is 4.11. The van der Waals surface area contributed by atoms with Crippen LogP contribution in [0, 0.1) is 3.57 Å². The van der Waals surface area contributed by atoms with Gasteiger partial charge in [-0.15, -0.1) is 11.3 Å². The Morgan fingerprint density at radius 1 is 0.758 bits per heavy atom. The predicted octanol–water partition coefficient (Wildman–Crippen LogP) is 7.46. The minimum absolute atomic E-state index is 0.588. The molecule has 0 bridgehead atoms. The van der Waals surface area contributed by atoms with Crippen LogP contribution < -0.4 is 4.78 Å². The van der Waals surface area contributed by atoms with E-state index in [0.29, 0.717) is 4.78 Å². The molecule has 4 aromatic rings. The first kappa shape index (κ1) is 28.7. The van der Waals surface area contributed by atoms with Gasteiger partial charge in [0.05, 0.1) is 0 Å². The molecule has 174 valence electrons. The number of thiophene rings is 2. The largest absolute Gasteiger partial charge is 0.499 e. The second kappa shape index (κ2) is 17.0. The summed E-state index contributed by atoms with van der Waals surface area (Å²) in [4.78, 5) is 1.31. The quantitative estimate of drug-likeness (QED) is 0.167. The molecule has 0 unspecified atom stereocenters. The molecule has 2 aromatic heterocycles. The summed E-state index contributed by atoms with van der Waals surface area (Å²) in [5.41, 5.74) is 1.27. The average Bonchev–Trinajstić information content (AvgIpc) is 3.62. The summed E-state index contributed by atoms with van der Waals surface area (Å²) in [6, 6.07) is 24.0. The van der Waals surface area contributed by atoms with E-state index < -0.39 is 7.12 Å². The molecule has 1 fully saturated rings. The van der Waals surface area contributed by atoms with Crippen LogP contribution >= 0.6 is 77.1 Å². The van der Waals surface area contributed by atoms with Crippen molar-refractivity contribution >= 4 is 89.0 Å². The lowest BCUT2D eigenvalue weighted by atomic mass is 9.90. The molecule has 3 heterocycles. The second-order valence-electron chi connectivity index (χ2n) is 6.58. The summed E-state index contributed by atoms with van der Waals surface area (Å²) in [6.45, 7) is 2.00. The van der Waals surface area contributed by atoms with Gasteiger partial charge in [-0.2, -0.15) is 11.3 Å². The maximum absolute atomic E-state index is 8.48. The molecule has 0 saturated carbocycles. The molecule has 0 spiro atoms. The van der Waals surface area contributed by atoms with Gasteiger partial charge in [-0.25, -0.2) is 0 Å². The number of benzene rings is 2. The maximum Gasteiger partial charge on any atom is 0.499 e. The smallest absolute Gasteiger partial charge is 0.423 e. The first-order chi connectivity index (χ1) is 16.0. The Morgan fingerprint density at radius 2 is 1.36 bits per heavy atom. The van der Waals surface area contributed by atoms with Crippen molar-refractivity contribution in [3.63, 3.8) is 0 Å². The van der Waals surface area contributed by atoms with Crippen molar-refractivity contribution in [2.45, 2.75) is 12.8 Å². The van der Waals surface area contributed by atoms with E-state index in [2.05, 4.69) is 96.2 Å². The van der Waals surface area contributed by atoms with Crippen LogP contribution in [0.1, 0.15) is 12.8 Å². The van der Waals surface area contributed by atoms with E-state index in [1.807, 2.05) is 24.3 Å². The summed E-state index contributed by atoms with van der Waals surface area (Å²) < 4.78 is 9.11. The number of rotatable bonds is 2. The maximum atomic E-state index is 8.48. The lowest BCUT2D eigenvalue weighted by Gasteiger charge is -1.98. The zero-order chi connectivity index (χ0) is 23.9. The highest BCUT2D eigenvalue weighted by Crippen LogP contribution is 2.30. The van der Waals surface area contributed by atoms with Crippen molar-refractivity contribution in [1.29, 1.82) is 0 Å². The zero-order valence-electron chi connectivity index (χ0n) is 17.7. The summed E-state index contributed by atoms with van der Waals surface area (Å²) in [7, 11) is -1.30. The topological polar surface area (TPSA) is 49.7 Å². The fourth-order valence-electron chi connectivity index (χ4n) is 2.48. The molecule has 0 amide bonds. The molecule has 9 heteroatoms. The number of hydrogen-bond donors (Lipinski definition) is 2. The van der Waals surface area contributed by atoms with E-state index in [-0.39, 0.29) is 0 Å². The Bertz CT molecular complexity index is 999. The first-order valence-corrected chi connectivity index (χ1v) is 14.6. The van der Waals surface area contributed by atoms with Gasteiger partial charge >= 0.3 is 7.12 Å². The van der Waals surface area contributed by atoms with Crippen LogP contribution in [0.25, 0.3) is 10.4 Å². The Morgan fingerprint density at radius 3 is 1.76 bits per heavy atom. The Balaban J connectivity index is 0.000000163. The van der Waals surface area contributed by atoms with Crippen LogP contribution in [-0.2, 0) is 4.74 Å². The van der Waals surface area contributed by atoms with Crippen LogP contribution in [0.2, 0.25) is 0 Å². The van der Waals surface area contributed by atoms with Crippen molar-refractivity contribution in [3.05, 3.63) is 96.1 Å². The van der Waals surface area contributed by atoms with Crippen molar-refractivity contribution in [2.24, 2.45) is 0 Å². The van der Waals surface area contributed by atoms with Crippen LogP contribution in [-0.4, -0.2) is 30.4 Å². The number of halogens is 3. The fraction of sp³-hybridized carbons (Fsp3) is 0.167. The Hall–Kier alpha value is -0.525. The molecule has 2 N–H and O–H groups in total. The van der Waals surface area contributed by atoms with Crippen LogP contribution in [0.4, 0.5) is 0 Å². The standard InChI is InChI=1S/C10H7BrS.C6H4BrI.C4H5BO2S.C4H8O/c11-9-5-2-1-4-8(9)10-6-3-7-12-10;7-5-3-1-2-4-6(5)8;6-5(7)4-2-1-3-8-4;1-2-4-5-3-1/h1-7H;1-4H;1-3,6-7H;1-4H2. The van der Waals surface area contributed by atoms with E-state index in [1.165, 1.54) is 42.7 Å². The van der Waals surface area contributed by atoms with E-state index in [4.69, 9.17) is 14.8 Å². The third kappa shape index (κ3) is 11.6. The van der Waals surface area contributed by atoms with Gasteiger partial charge in [0.2, 0.25) is 0 Å². The molecule has 2 aromatic carbocycles. The van der Waals surface area contributed by atoms with Gasteiger partial charge in [-0.3, -0.25) is 0 Å². The van der Waals surface area contributed by atoms with Crippen LogP contribution in [0.5, 0.6) is 0 Å². The molecule has 5 rings (SSSR count). The highest BCUT2D eigenvalue weighted by Gasteiger charge is 2.09. The van der Waals surface area contributed by atoms with E-state index in [0.717, 1.165) is 17.7 Å². The van der Waals surface area contributed by atoms with E-state index in [1.54, 1.807) is 28.8 Å². The minimum Gasteiger partial charge on any atom is -0.423 e. The van der Waals surface area contributed by atoms with Gasteiger partial charge in [0.15, 0.2) is 0 Å². The van der Waals surface area contributed by atoms with Crippen molar-refractivity contribution in [1.82, 2.24) is 0 Å². The zero-order valence-corrected chi connectivity index (χ0v) is 24.7. The van der Waals surface area contributed by atoms with Gasteiger partial charge in [0, 0.05) is 40.9 Å². The van der Waals surface area contributed by atoms with Gasteiger partial charge in [0.25, 0.3) is 0 Å². The summed E-state index contributed by atoms with van der Waals surface area (Å²) in [5, 5.41) is 20.8. The van der Waals surface area contributed by atoms with Crippen molar-refractivity contribution in [2.75, 3.05) is 13.2 Å². The van der Waals surface area contributed by atoms with Gasteiger partial charge in [-0.1, -0.05) is 64.5 Å². The molecular formula is C24H24BBr2IO3S2. The fourth-order valence-corrected chi connectivity index (χ4v) is 5.14. The molecule has 1 saturated heterocycles. The highest BCUT2D eigenvalue weighted by molar-refractivity contribution is 14.1. The summed E-state index contributed by atoms with van der Waals surface area (Å²) in [5.74, 6) is 0. The highest BCUT2D eigenvalue weighted by atomic mass is 127. The number of hydrogen-bond acceptors (Lipinski definition) is 5. The van der Waals surface area contributed by atoms with Gasteiger partial charge in [-0.05, 0) is 86.4 Å². The molecule has 33 heavy (non-hydrogen) atoms. The second-order valence-corrected chi connectivity index (χ2v) is 11.4. The van der Waals surface area contributed by atoms with Gasteiger partial charge < -0.3 is 14.8 Å². The van der Waals surface area contributed by atoms with Crippen molar-refractivity contribution in [3.8, 4) is 10.4 Å². The molecule has 1 aliphatic rings. The van der Waals surface area contributed by atoms with Gasteiger partial charge in [0.1, 0.15) is 0 Å². The Kier molecular flexibility index (Phi) is 14.8. The first-order valence-electron chi connectivity index (χ1n) is 10.1. The SMILES string of the molecule is Brc1ccccc1-c1cccs1.Brc1ccccc1I.C1CCOC1.OB(O)c1cccs1. The van der Waals surface area contributed by atoms with Crippen LogP contribution in [0.15, 0.2) is 92.5 Å². The monoisotopic (exact) mass is 720 g/mol. The molecule has 0 aliphatic carbocycles. The van der Waals surface area contributed by atoms with E-state index >= 15 is 0 Å². The minimum atomic E-state index is -1.30. The van der Waals surface area contributed by atoms with Crippen molar-refractivity contribution < 1.29 is 14.8 Å². The molecule has 1 aliphatic heterocycles. The summed E-state index contributed by atoms with van der Waals surface area (Å²) in [6.07, 6.45) is 2.56. The number of ether oxygens (including phenoxy) is 1. The molecular weight excluding hydrogens is 698 g/mol. The third-order valence-corrected chi connectivity index (χ3v) is 8.99. The Labute approximate surface area is 234 Å². The lowest BCUT2D eigenvalue weighted by Crippen LogP contribution is -2.26. The normalized spacial score (nSPS) is 11.8. The van der Waals surface area contributed by atoms with E-state index in [9.17, 15) is 0 Å².